The first kappa shape index (κ1) is 22.4. The van der Waals surface area contributed by atoms with Crippen LogP contribution in [0.5, 0.6) is 0 Å². The lowest BCUT2D eigenvalue weighted by Crippen LogP contribution is -2.32. The number of Topliss-reactive ketones (excluding diaryl/α,β-unsaturated/α-hetero) is 1. The number of rotatable bonds is 17. The Labute approximate surface area is 154 Å². The number of carbonyl (C=O) groups is 3. The minimum Gasteiger partial charge on any atom is -0.379 e. The van der Waals surface area contributed by atoms with E-state index in [1.165, 1.54) is 12.2 Å². The molecule has 1 heterocycles. The zero-order valence-corrected chi connectivity index (χ0v) is 15.4. The van der Waals surface area contributed by atoms with Crippen molar-refractivity contribution in [1.29, 1.82) is 0 Å². The van der Waals surface area contributed by atoms with Gasteiger partial charge in [-0.3, -0.25) is 19.3 Å². The van der Waals surface area contributed by atoms with Crippen LogP contribution in [0.4, 0.5) is 0 Å². The minimum atomic E-state index is -0.356. The molecule has 0 aromatic rings. The largest absolute Gasteiger partial charge is 0.379 e. The molecule has 0 aromatic carbocycles. The molecule has 1 rings (SSSR count). The number of hydrogen-bond donors (Lipinski definition) is 0. The molecule has 2 amide bonds. The molecule has 0 spiro atoms. The highest BCUT2D eigenvalue weighted by molar-refractivity contribution is 6.13. The van der Waals surface area contributed by atoms with Crippen molar-refractivity contribution in [3.05, 3.63) is 12.2 Å². The van der Waals surface area contributed by atoms with Crippen LogP contribution in [-0.2, 0) is 33.3 Å². The smallest absolute Gasteiger partial charge is 0.253 e. The number of amides is 2. The number of carbonyl (C=O) groups excluding carboxylic acids is 3. The third-order valence-electron chi connectivity index (χ3n) is 3.58. The van der Waals surface area contributed by atoms with Gasteiger partial charge in [-0.05, 0) is 13.3 Å². The number of hydrogen-bond acceptors (Lipinski definition) is 7. The molecular weight excluding hydrogens is 342 g/mol. The van der Waals surface area contributed by atoms with E-state index in [2.05, 4.69) is 0 Å². The monoisotopic (exact) mass is 371 g/mol. The molecule has 0 saturated carbocycles. The molecule has 0 atom stereocenters. The highest BCUT2D eigenvalue weighted by Crippen LogP contribution is 2.06. The third-order valence-corrected chi connectivity index (χ3v) is 3.58. The van der Waals surface area contributed by atoms with Crippen molar-refractivity contribution in [2.24, 2.45) is 0 Å². The van der Waals surface area contributed by atoms with Crippen molar-refractivity contribution in [2.45, 2.75) is 26.2 Å². The summed E-state index contributed by atoms with van der Waals surface area (Å²) in [5, 5.41) is 0. The van der Waals surface area contributed by atoms with Gasteiger partial charge >= 0.3 is 0 Å². The van der Waals surface area contributed by atoms with Crippen LogP contribution >= 0.6 is 0 Å². The van der Waals surface area contributed by atoms with Crippen LogP contribution in [0.25, 0.3) is 0 Å². The van der Waals surface area contributed by atoms with Crippen LogP contribution in [-0.4, -0.2) is 81.9 Å². The predicted molar refractivity (Wildman–Crippen MR) is 93.7 cm³/mol. The molecule has 0 fully saturated rings. The van der Waals surface area contributed by atoms with Gasteiger partial charge in [0.15, 0.2) is 0 Å². The first-order valence-corrected chi connectivity index (χ1v) is 9.01. The Kier molecular flexibility index (Phi) is 12.6. The highest BCUT2D eigenvalue weighted by Gasteiger charge is 2.23. The summed E-state index contributed by atoms with van der Waals surface area (Å²) in [5.41, 5.74) is 0. The Bertz CT molecular complexity index is 446. The van der Waals surface area contributed by atoms with Crippen molar-refractivity contribution in [2.75, 3.05) is 59.4 Å². The minimum absolute atomic E-state index is 0.0153. The summed E-state index contributed by atoms with van der Waals surface area (Å²) in [5.74, 6) is -0.696. The number of imide groups is 1. The number of ether oxygens (including phenoxy) is 4. The molecule has 0 aliphatic carbocycles. The van der Waals surface area contributed by atoms with Crippen LogP contribution in [0.3, 0.4) is 0 Å². The van der Waals surface area contributed by atoms with E-state index in [9.17, 15) is 14.4 Å². The van der Waals surface area contributed by atoms with Gasteiger partial charge in [0.05, 0.1) is 39.6 Å². The predicted octanol–water partition coefficient (Wildman–Crippen LogP) is 0.737. The first-order chi connectivity index (χ1) is 12.6. The van der Waals surface area contributed by atoms with E-state index in [1.807, 2.05) is 6.92 Å². The maximum absolute atomic E-state index is 11.7. The molecule has 0 bridgehead atoms. The Morgan fingerprint density at radius 1 is 0.808 bits per heavy atom. The fourth-order valence-corrected chi connectivity index (χ4v) is 2.19. The van der Waals surface area contributed by atoms with Crippen molar-refractivity contribution in [1.82, 2.24) is 4.90 Å². The summed E-state index contributed by atoms with van der Waals surface area (Å²) < 4.78 is 21.2. The van der Waals surface area contributed by atoms with E-state index in [4.69, 9.17) is 18.9 Å². The Hall–Kier alpha value is -1.61. The summed E-state index contributed by atoms with van der Waals surface area (Å²) in [4.78, 5) is 35.5. The normalized spacial score (nSPS) is 13.8. The van der Waals surface area contributed by atoms with E-state index >= 15 is 0 Å². The van der Waals surface area contributed by atoms with Crippen LogP contribution in [0, 0.1) is 0 Å². The molecule has 1 aliphatic rings. The molecule has 0 unspecified atom stereocenters. The third kappa shape index (κ3) is 10.4. The lowest BCUT2D eigenvalue weighted by Gasteiger charge is -2.12. The zero-order valence-electron chi connectivity index (χ0n) is 15.4. The van der Waals surface area contributed by atoms with Gasteiger partial charge in [-0.15, -0.1) is 0 Å². The SMILES string of the molecule is CCOCCOCCOCCOCCCC(=O)CCN1C(=O)C=CC1=O. The zero-order chi connectivity index (χ0) is 19.0. The van der Waals surface area contributed by atoms with Gasteiger partial charge in [0.1, 0.15) is 5.78 Å². The van der Waals surface area contributed by atoms with Gasteiger partial charge in [0.2, 0.25) is 0 Å². The lowest BCUT2D eigenvalue weighted by atomic mass is 10.1. The Balaban J connectivity index is 1.83. The molecular formula is C18H29NO7. The van der Waals surface area contributed by atoms with Gasteiger partial charge in [-0.1, -0.05) is 0 Å². The van der Waals surface area contributed by atoms with Gasteiger partial charge in [0.25, 0.3) is 11.8 Å². The van der Waals surface area contributed by atoms with E-state index in [1.54, 1.807) is 0 Å². The summed E-state index contributed by atoms with van der Waals surface area (Å²) in [6, 6.07) is 0. The molecule has 0 N–H and O–H groups in total. The van der Waals surface area contributed by atoms with E-state index in [0.717, 1.165) is 4.90 Å². The van der Waals surface area contributed by atoms with Gasteiger partial charge < -0.3 is 18.9 Å². The molecule has 8 nitrogen and oxygen atoms in total. The van der Waals surface area contributed by atoms with E-state index < -0.39 is 0 Å². The van der Waals surface area contributed by atoms with Gasteiger partial charge in [0, 0.05) is 44.8 Å². The Morgan fingerprint density at radius 2 is 1.31 bits per heavy atom. The average Bonchev–Trinajstić information content (AvgIpc) is 2.95. The van der Waals surface area contributed by atoms with Crippen LogP contribution in [0.15, 0.2) is 12.2 Å². The molecule has 148 valence electrons. The van der Waals surface area contributed by atoms with E-state index in [0.29, 0.717) is 65.7 Å². The number of ketones is 1. The maximum atomic E-state index is 11.7. The summed E-state index contributed by atoms with van der Waals surface area (Å²) >= 11 is 0. The van der Waals surface area contributed by atoms with Crippen molar-refractivity contribution in [3.8, 4) is 0 Å². The second-order valence-electron chi connectivity index (χ2n) is 5.59. The van der Waals surface area contributed by atoms with Gasteiger partial charge in [-0.25, -0.2) is 0 Å². The molecule has 0 aromatic heterocycles. The molecule has 0 saturated heterocycles. The van der Waals surface area contributed by atoms with Crippen LogP contribution in [0.1, 0.15) is 26.2 Å². The summed E-state index contributed by atoms with van der Waals surface area (Å²) in [6.45, 7) is 6.40. The van der Waals surface area contributed by atoms with Crippen molar-refractivity contribution >= 4 is 17.6 Å². The Morgan fingerprint density at radius 3 is 1.85 bits per heavy atom. The topological polar surface area (TPSA) is 91.4 Å². The fourth-order valence-electron chi connectivity index (χ4n) is 2.19. The first-order valence-electron chi connectivity index (χ1n) is 9.01. The number of nitrogens with zero attached hydrogens (tertiary/aromatic N) is 1. The summed E-state index contributed by atoms with van der Waals surface area (Å²) in [6.07, 6.45) is 3.61. The quantitative estimate of drug-likeness (QED) is 0.275. The standard InChI is InChI=1S/C18H29NO7/c1-2-23-10-11-25-14-15-26-13-12-24-9-3-4-16(20)7-8-19-17(21)5-6-18(19)22/h5-6H,2-4,7-15H2,1H3. The fraction of sp³-hybridized carbons (Fsp3) is 0.722. The van der Waals surface area contributed by atoms with Crippen molar-refractivity contribution in [3.63, 3.8) is 0 Å². The maximum Gasteiger partial charge on any atom is 0.253 e. The second-order valence-corrected chi connectivity index (χ2v) is 5.59. The second kappa shape index (κ2) is 14.5. The lowest BCUT2D eigenvalue weighted by molar-refractivity contribution is -0.137. The van der Waals surface area contributed by atoms with Crippen LogP contribution in [0.2, 0.25) is 0 Å². The van der Waals surface area contributed by atoms with Crippen molar-refractivity contribution < 1.29 is 33.3 Å². The summed E-state index contributed by atoms with van der Waals surface area (Å²) in [7, 11) is 0. The highest BCUT2D eigenvalue weighted by atomic mass is 16.6. The van der Waals surface area contributed by atoms with Crippen LogP contribution < -0.4 is 0 Å². The van der Waals surface area contributed by atoms with Gasteiger partial charge in [-0.2, -0.15) is 0 Å². The molecule has 26 heavy (non-hydrogen) atoms. The van der Waals surface area contributed by atoms with E-state index in [-0.39, 0.29) is 30.6 Å². The molecule has 0 radical (unpaired) electrons. The average molecular weight is 371 g/mol. The molecule has 8 heteroatoms. The molecule has 1 aliphatic heterocycles.